The standard InChI is InChI=1S/C17H23BrN2OSi/c1-17(2,3)22(4,5)21-9-8-20-12-15(18)14-10-13(11-19)6-7-16(14)20/h6-7,10,12H,8-9H2,1-5H3. The van der Waals surface area contributed by atoms with Gasteiger partial charge in [-0.15, -0.1) is 0 Å². The van der Waals surface area contributed by atoms with E-state index in [9.17, 15) is 0 Å². The molecule has 2 aromatic rings. The molecule has 0 aliphatic heterocycles. The van der Waals surface area contributed by atoms with E-state index < -0.39 is 8.32 Å². The molecule has 0 atom stereocenters. The molecule has 0 bridgehead atoms. The van der Waals surface area contributed by atoms with Crippen molar-refractivity contribution in [3.63, 3.8) is 0 Å². The van der Waals surface area contributed by atoms with Gasteiger partial charge in [-0.2, -0.15) is 5.26 Å². The second kappa shape index (κ2) is 6.19. The summed E-state index contributed by atoms with van der Waals surface area (Å²) in [5.74, 6) is 0. The Bertz CT molecular complexity index is 723. The van der Waals surface area contributed by atoms with E-state index in [4.69, 9.17) is 9.69 Å². The maximum absolute atomic E-state index is 9.01. The molecule has 1 heterocycles. The Labute approximate surface area is 142 Å². The van der Waals surface area contributed by atoms with Crippen molar-refractivity contribution in [1.82, 2.24) is 4.57 Å². The van der Waals surface area contributed by atoms with Gasteiger partial charge in [0.15, 0.2) is 8.32 Å². The van der Waals surface area contributed by atoms with E-state index in [1.165, 1.54) is 0 Å². The SMILES string of the molecule is CC(C)(C)[Si](C)(C)OCCn1cc(Br)c2cc(C#N)ccc21. The van der Waals surface area contributed by atoms with Crippen molar-refractivity contribution in [3.8, 4) is 6.07 Å². The lowest BCUT2D eigenvalue weighted by molar-refractivity contribution is 0.273. The second-order valence-electron chi connectivity index (χ2n) is 7.12. The Kier molecular flexibility index (Phi) is 4.86. The van der Waals surface area contributed by atoms with Crippen LogP contribution in [0.25, 0.3) is 10.9 Å². The zero-order chi connectivity index (χ0) is 16.5. The highest BCUT2D eigenvalue weighted by Gasteiger charge is 2.36. The summed E-state index contributed by atoms with van der Waals surface area (Å²) < 4.78 is 9.46. The molecule has 0 aliphatic carbocycles. The number of nitrogens with zero attached hydrogens (tertiary/aromatic N) is 2. The van der Waals surface area contributed by atoms with E-state index in [1.807, 2.05) is 18.2 Å². The van der Waals surface area contributed by atoms with Gasteiger partial charge in [0.2, 0.25) is 0 Å². The Balaban J connectivity index is 2.15. The minimum Gasteiger partial charge on any atom is -0.415 e. The van der Waals surface area contributed by atoms with E-state index >= 15 is 0 Å². The van der Waals surface area contributed by atoms with Crippen LogP contribution in [0.3, 0.4) is 0 Å². The Morgan fingerprint density at radius 1 is 1.32 bits per heavy atom. The molecule has 1 aromatic heterocycles. The number of nitriles is 1. The summed E-state index contributed by atoms with van der Waals surface area (Å²) in [5, 5.41) is 10.3. The number of benzene rings is 1. The average Bonchev–Trinajstić information content (AvgIpc) is 2.73. The van der Waals surface area contributed by atoms with Gasteiger partial charge < -0.3 is 8.99 Å². The summed E-state index contributed by atoms with van der Waals surface area (Å²) in [5.41, 5.74) is 1.81. The number of aromatic nitrogens is 1. The fourth-order valence-corrected chi connectivity index (χ4v) is 3.72. The van der Waals surface area contributed by atoms with Gasteiger partial charge in [-0.05, 0) is 52.3 Å². The normalized spacial score (nSPS) is 12.6. The quantitative estimate of drug-likeness (QED) is 0.677. The Morgan fingerprint density at radius 3 is 2.59 bits per heavy atom. The molecule has 22 heavy (non-hydrogen) atoms. The largest absolute Gasteiger partial charge is 0.415 e. The summed E-state index contributed by atoms with van der Waals surface area (Å²) in [6.07, 6.45) is 2.07. The fourth-order valence-electron chi connectivity index (χ4n) is 2.12. The molecule has 0 aliphatic rings. The first-order chi connectivity index (χ1) is 10.2. The lowest BCUT2D eigenvalue weighted by Gasteiger charge is -2.36. The molecular formula is C17H23BrN2OSi. The van der Waals surface area contributed by atoms with Crippen LogP contribution in [0.4, 0.5) is 0 Å². The van der Waals surface area contributed by atoms with Gasteiger partial charge in [0.25, 0.3) is 0 Å². The van der Waals surface area contributed by atoms with Crippen LogP contribution in [0, 0.1) is 11.3 Å². The first-order valence-electron chi connectivity index (χ1n) is 7.48. The number of rotatable bonds is 4. The van der Waals surface area contributed by atoms with Gasteiger partial charge in [-0.3, -0.25) is 0 Å². The van der Waals surface area contributed by atoms with Crippen molar-refractivity contribution in [1.29, 1.82) is 5.26 Å². The number of halogens is 1. The van der Waals surface area contributed by atoms with Crippen molar-refractivity contribution in [2.45, 2.75) is 45.4 Å². The fraction of sp³-hybridized carbons (Fsp3) is 0.471. The second-order valence-corrected chi connectivity index (χ2v) is 12.8. The highest BCUT2D eigenvalue weighted by atomic mass is 79.9. The maximum atomic E-state index is 9.01. The third-order valence-electron chi connectivity index (χ3n) is 4.56. The van der Waals surface area contributed by atoms with Crippen LogP contribution in [-0.4, -0.2) is 19.5 Å². The lowest BCUT2D eigenvalue weighted by atomic mass is 10.2. The van der Waals surface area contributed by atoms with Gasteiger partial charge >= 0.3 is 0 Å². The van der Waals surface area contributed by atoms with Crippen LogP contribution in [0.2, 0.25) is 18.1 Å². The molecule has 0 saturated carbocycles. The number of hydrogen-bond donors (Lipinski definition) is 0. The zero-order valence-corrected chi connectivity index (χ0v) is 16.5. The molecule has 118 valence electrons. The Morgan fingerprint density at radius 2 is 2.00 bits per heavy atom. The molecule has 5 heteroatoms. The van der Waals surface area contributed by atoms with Crippen LogP contribution in [0.5, 0.6) is 0 Å². The van der Waals surface area contributed by atoms with Gasteiger partial charge in [0.05, 0.1) is 18.2 Å². The predicted octanol–water partition coefficient (Wildman–Crippen LogP) is 5.30. The van der Waals surface area contributed by atoms with Crippen LogP contribution in [-0.2, 0) is 11.0 Å². The summed E-state index contributed by atoms with van der Waals surface area (Å²) in [6.45, 7) is 12.8. The van der Waals surface area contributed by atoms with Crippen molar-refractivity contribution >= 4 is 35.2 Å². The highest BCUT2D eigenvalue weighted by Crippen LogP contribution is 2.36. The van der Waals surface area contributed by atoms with Gasteiger partial charge in [-0.1, -0.05) is 20.8 Å². The van der Waals surface area contributed by atoms with Crippen LogP contribution >= 0.6 is 15.9 Å². The van der Waals surface area contributed by atoms with Gasteiger partial charge in [0, 0.05) is 28.1 Å². The molecule has 0 spiro atoms. The molecule has 0 amide bonds. The molecule has 0 N–H and O–H groups in total. The van der Waals surface area contributed by atoms with E-state index in [0.29, 0.717) is 12.2 Å². The first-order valence-corrected chi connectivity index (χ1v) is 11.2. The topological polar surface area (TPSA) is 38.0 Å². The minimum atomic E-state index is -1.70. The molecule has 3 nitrogen and oxygen atoms in total. The van der Waals surface area contributed by atoms with Crippen molar-refractivity contribution in [2.75, 3.05) is 6.61 Å². The van der Waals surface area contributed by atoms with Crippen molar-refractivity contribution in [3.05, 3.63) is 34.4 Å². The molecule has 0 radical (unpaired) electrons. The number of hydrogen-bond acceptors (Lipinski definition) is 2. The van der Waals surface area contributed by atoms with Crippen LogP contribution in [0.1, 0.15) is 26.3 Å². The third kappa shape index (κ3) is 3.45. The monoisotopic (exact) mass is 378 g/mol. The van der Waals surface area contributed by atoms with Crippen molar-refractivity contribution in [2.24, 2.45) is 0 Å². The van der Waals surface area contributed by atoms with Crippen LogP contribution < -0.4 is 0 Å². The van der Waals surface area contributed by atoms with Gasteiger partial charge in [0.1, 0.15) is 0 Å². The summed E-state index contributed by atoms with van der Waals surface area (Å²) in [4.78, 5) is 0. The molecule has 0 saturated heterocycles. The summed E-state index contributed by atoms with van der Waals surface area (Å²) >= 11 is 3.58. The predicted molar refractivity (Wildman–Crippen MR) is 97.5 cm³/mol. The van der Waals surface area contributed by atoms with E-state index in [-0.39, 0.29) is 5.04 Å². The minimum absolute atomic E-state index is 0.230. The molecule has 0 unspecified atom stereocenters. The van der Waals surface area contributed by atoms with E-state index in [2.05, 4.69) is 66.6 Å². The van der Waals surface area contributed by atoms with Crippen molar-refractivity contribution < 1.29 is 4.43 Å². The van der Waals surface area contributed by atoms with E-state index in [1.54, 1.807) is 0 Å². The molecule has 2 rings (SSSR count). The van der Waals surface area contributed by atoms with Crippen LogP contribution in [0.15, 0.2) is 28.9 Å². The molecule has 0 fully saturated rings. The lowest BCUT2D eigenvalue weighted by Crippen LogP contribution is -2.41. The first kappa shape index (κ1) is 17.3. The molecular weight excluding hydrogens is 356 g/mol. The smallest absolute Gasteiger partial charge is 0.192 e. The number of fused-ring (bicyclic) bond motifs is 1. The molecule has 1 aromatic carbocycles. The third-order valence-corrected chi connectivity index (χ3v) is 9.73. The summed E-state index contributed by atoms with van der Waals surface area (Å²) in [7, 11) is -1.70. The average molecular weight is 379 g/mol. The summed E-state index contributed by atoms with van der Waals surface area (Å²) in [6, 6.07) is 7.97. The van der Waals surface area contributed by atoms with Gasteiger partial charge in [-0.25, -0.2) is 0 Å². The zero-order valence-electron chi connectivity index (χ0n) is 13.9. The van der Waals surface area contributed by atoms with E-state index in [0.717, 1.165) is 21.9 Å². The highest BCUT2D eigenvalue weighted by molar-refractivity contribution is 9.10. The Hall–Kier alpha value is -1.09. The maximum Gasteiger partial charge on any atom is 0.192 e.